The molecule has 2 aliphatic rings. The molecule has 0 saturated heterocycles. The summed E-state index contributed by atoms with van der Waals surface area (Å²) >= 11 is 0. The molecule has 128 valence electrons. The molecule has 2 aromatic rings. The molecule has 0 aliphatic heterocycles. The third-order valence-electron chi connectivity index (χ3n) is 6.07. The van der Waals surface area contributed by atoms with Crippen LogP contribution in [-0.4, -0.2) is 22.0 Å². The van der Waals surface area contributed by atoms with Crippen molar-refractivity contribution < 1.29 is 4.79 Å². The summed E-state index contributed by atoms with van der Waals surface area (Å²) in [6.45, 7) is 3.28. The van der Waals surface area contributed by atoms with E-state index in [1.807, 2.05) is 24.3 Å². The van der Waals surface area contributed by atoms with Gasteiger partial charge >= 0.3 is 0 Å². The van der Waals surface area contributed by atoms with Crippen molar-refractivity contribution in [2.24, 2.45) is 17.8 Å². The molecule has 2 bridgehead atoms. The molecule has 0 radical (unpaired) electrons. The van der Waals surface area contributed by atoms with Gasteiger partial charge in [-0.1, -0.05) is 25.5 Å². The van der Waals surface area contributed by atoms with Gasteiger partial charge in [0.05, 0.1) is 11.0 Å². The van der Waals surface area contributed by atoms with E-state index in [0.29, 0.717) is 6.54 Å². The Hall–Kier alpha value is -1.84. The van der Waals surface area contributed by atoms with E-state index in [1.54, 1.807) is 0 Å². The summed E-state index contributed by atoms with van der Waals surface area (Å²) in [7, 11) is 0. The van der Waals surface area contributed by atoms with E-state index in [9.17, 15) is 4.79 Å². The predicted molar refractivity (Wildman–Crippen MR) is 95.7 cm³/mol. The van der Waals surface area contributed by atoms with E-state index in [1.165, 1.54) is 25.7 Å². The van der Waals surface area contributed by atoms with Gasteiger partial charge in [-0.05, 0) is 55.6 Å². The average Bonchev–Trinajstić information content (AvgIpc) is 3.29. The zero-order valence-electron chi connectivity index (χ0n) is 14.5. The first-order valence-electron chi connectivity index (χ1n) is 9.45. The van der Waals surface area contributed by atoms with Crippen LogP contribution >= 0.6 is 0 Å². The molecular formula is C20H27N3O. The maximum absolute atomic E-state index is 12.4. The van der Waals surface area contributed by atoms with E-state index in [-0.39, 0.29) is 5.91 Å². The number of para-hydroxylation sites is 2. The van der Waals surface area contributed by atoms with Crippen LogP contribution in [-0.2, 0) is 17.8 Å². The molecule has 0 spiro atoms. The van der Waals surface area contributed by atoms with Crippen LogP contribution in [0.4, 0.5) is 0 Å². The van der Waals surface area contributed by atoms with Gasteiger partial charge in [-0.15, -0.1) is 0 Å². The number of benzene rings is 1. The van der Waals surface area contributed by atoms with Crippen LogP contribution < -0.4 is 5.32 Å². The smallest absolute Gasteiger partial charge is 0.240 e. The molecule has 2 aliphatic carbocycles. The Labute approximate surface area is 143 Å². The van der Waals surface area contributed by atoms with Crippen molar-refractivity contribution in [1.82, 2.24) is 14.9 Å². The largest absolute Gasteiger partial charge is 0.355 e. The number of amides is 1. The number of nitrogens with one attached hydrogen (secondary N) is 1. The van der Waals surface area contributed by atoms with Crippen LogP contribution in [0.15, 0.2) is 24.3 Å². The number of imidazole rings is 1. The zero-order chi connectivity index (χ0) is 16.5. The highest BCUT2D eigenvalue weighted by atomic mass is 16.1. The molecule has 1 amide bonds. The van der Waals surface area contributed by atoms with Gasteiger partial charge in [0.15, 0.2) is 0 Å². The van der Waals surface area contributed by atoms with Gasteiger partial charge in [-0.2, -0.15) is 0 Å². The summed E-state index contributed by atoms with van der Waals surface area (Å²) in [6, 6.07) is 8.06. The summed E-state index contributed by atoms with van der Waals surface area (Å²) in [5.41, 5.74) is 2.03. The van der Waals surface area contributed by atoms with E-state index in [2.05, 4.69) is 21.8 Å². The van der Waals surface area contributed by atoms with Crippen LogP contribution in [0.3, 0.4) is 0 Å². The minimum absolute atomic E-state index is 0.107. The molecule has 4 heteroatoms. The maximum Gasteiger partial charge on any atom is 0.240 e. The summed E-state index contributed by atoms with van der Waals surface area (Å²) in [5.74, 6) is 3.87. The fourth-order valence-electron chi connectivity index (χ4n) is 4.90. The third-order valence-corrected chi connectivity index (χ3v) is 6.07. The van der Waals surface area contributed by atoms with Crippen molar-refractivity contribution in [3.05, 3.63) is 30.1 Å². The van der Waals surface area contributed by atoms with Crippen LogP contribution in [0.25, 0.3) is 11.0 Å². The number of aryl methyl sites for hydroxylation is 1. The van der Waals surface area contributed by atoms with Gasteiger partial charge in [0.1, 0.15) is 12.4 Å². The Kier molecular flexibility index (Phi) is 4.30. The van der Waals surface area contributed by atoms with Gasteiger partial charge in [-0.3, -0.25) is 4.79 Å². The van der Waals surface area contributed by atoms with Gasteiger partial charge in [-0.25, -0.2) is 4.98 Å². The lowest BCUT2D eigenvalue weighted by molar-refractivity contribution is -0.121. The molecular weight excluding hydrogens is 298 g/mol. The Bertz CT molecular complexity index is 736. The fourth-order valence-corrected chi connectivity index (χ4v) is 4.90. The van der Waals surface area contributed by atoms with Gasteiger partial charge < -0.3 is 9.88 Å². The van der Waals surface area contributed by atoms with Gasteiger partial charge in [0, 0.05) is 13.0 Å². The summed E-state index contributed by atoms with van der Waals surface area (Å²) in [5, 5.41) is 3.14. The highest BCUT2D eigenvalue weighted by molar-refractivity contribution is 5.81. The topological polar surface area (TPSA) is 46.9 Å². The quantitative estimate of drug-likeness (QED) is 0.883. The van der Waals surface area contributed by atoms with Crippen molar-refractivity contribution >= 4 is 16.9 Å². The second-order valence-electron chi connectivity index (χ2n) is 7.53. The Morgan fingerprint density at radius 2 is 2.17 bits per heavy atom. The molecule has 3 unspecified atom stereocenters. The van der Waals surface area contributed by atoms with E-state index in [0.717, 1.165) is 54.0 Å². The number of fused-ring (bicyclic) bond motifs is 3. The van der Waals surface area contributed by atoms with Crippen LogP contribution in [0, 0.1) is 17.8 Å². The lowest BCUT2D eigenvalue weighted by atomic mass is 9.86. The number of rotatable bonds is 6. The van der Waals surface area contributed by atoms with Crippen LogP contribution in [0.2, 0.25) is 0 Å². The number of carbonyl (C=O) groups excluding carboxylic acids is 1. The highest BCUT2D eigenvalue weighted by Gasteiger charge is 2.38. The standard InChI is InChI=1S/C20H27N3O/c1-2-19-22-17-5-3-4-6-18(17)23(19)13-20(24)21-10-9-16-12-14-7-8-15(16)11-14/h3-6,14-16H,2,7-13H2,1H3,(H,21,24). The minimum Gasteiger partial charge on any atom is -0.355 e. The number of hydrogen-bond acceptors (Lipinski definition) is 2. The predicted octanol–water partition coefficient (Wildman–Crippen LogP) is 3.54. The van der Waals surface area contributed by atoms with Crippen molar-refractivity contribution in [2.45, 2.75) is 52.0 Å². The first kappa shape index (κ1) is 15.7. The van der Waals surface area contributed by atoms with Crippen molar-refractivity contribution in [1.29, 1.82) is 0 Å². The number of nitrogens with zero attached hydrogens (tertiary/aromatic N) is 2. The second-order valence-corrected chi connectivity index (χ2v) is 7.53. The average molecular weight is 325 g/mol. The molecule has 24 heavy (non-hydrogen) atoms. The summed E-state index contributed by atoms with van der Waals surface area (Å²) < 4.78 is 2.06. The molecule has 1 aromatic heterocycles. The number of aromatic nitrogens is 2. The Morgan fingerprint density at radius 1 is 1.29 bits per heavy atom. The van der Waals surface area contributed by atoms with E-state index in [4.69, 9.17) is 0 Å². The van der Waals surface area contributed by atoms with Crippen molar-refractivity contribution in [2.75, 3.05) is 6.54 Å². The maximum atomic E-state index is 12.4. The van der Waals surface area contributed by atoms with Crippen LogP contribution in [0.1, 0.15) is 44.9 Å². The monoisotopic (exact) mass is 325 g/mol. The lowest BCUT2D eigenvalue weighted by Gasteiger charge is -2.21. The SMILES string of the molecule is CCc1nc2ccccc2n1CC(=O)NCCC1CC2CCC1C2. The second kappa shape index (κ2) is 6.58. The van der Waals surface area contributed by atoms with E-state index >= 15 is 0 Å². The molecule has 2 fully saturated rings. The fraction of sp³-hybridized carbons (Fsp3) is 0.600. The van der Waals surface area contributed by atoms with Gasteiger partial charge in [0.2, 0.25) is 5.91 Å². The summed E-state index contributed by atoms with van der Waals surface area (Å²) in [4.78, 5) is 17.0. The lowest BCUT2D eigenvalue weighted by Crippen LogP contribution is -2.30. The molecule has 1 N–H and O–H groups in total. The van der Waals surface area contributed by atoms with Gasteiger partial charge in [0.25, 0.3) is 0 Å². The molecule has 1 aromatic carbocycles. The van der Waals surface area contributed by atoms with Crippen molar-refractivity contribution in [3.8, 4) is 0 Å². The first-order chi connectivity index (χ1) is 11.7. The number of carbonyl (C=O) groups is 1. The molecule has 3 atom stereocenters. The molecule has 4 rings (SSSR count). The Morgan fingerprint density at radius 3 is 2.92 bits per heavy atom. The summed E-state index contributed by atoms with van der Waals surface area (Å²) in [6.07, 6.45) is 7.70. The van der Waals surface area contributed by atoms with Crippen LogP contribution in [0.5, 0.6) is 0 Å². The van der Waals surface area contributed by atoms with Crippen molar-refractivity contribution in [3.63, 3.8) is 0 Å². The number of hydrogen-bond donors (Lipinski definition) is 1. The molecule has 4 nitrogen and oxygen atoms in total. The Balaban J connectivity index is 1.34. The molecule has 1 heterocycles. The zero-order valence-corrected chi connectivity index (χ0v) is 14.5. The molecule has 2 saturated carbocycles. The normalized spacial score (nSPS) is 25.5. The first-order valence-corrected chi connectivity index (χ1v) is 9.45. The highest BCUT2D eigenvalue weighted by Crippen LogP contribution is 2.49. The third kappa shape index (κ3) is 2.94. The minimum atomic E-state index is 0.107. The van der Waals surface area contributed by atoms with E-state index < -0.39 is 0 Å².